The maximum absolute atomic E-state index is 9.55. The van der Waals surface area contributed by atoms with E-state index in [4.69, 9.17) is 0 Å². The maximum atomic E-state index is 9.55. The van der Waals surface area contributed by atoms with Crippen molar-refractivity contribution in [2.24, 2.45) is 0 Å². The van der Waals surface area contributed by atoms with Crippen LogP contribution >= 0.6 is 0 Å². The molecule has 0 rings (SSSR count). The Morgan fingerprint density at radius 3 is 2.67 bits per heavy atom. The van der Waals surface area contributed by atoms with E-state index in [2.05, 4.69) is 42.1 Å². The molecule has 92 valence electrons. The lowest BCUT2D eigenvalue weighted by molar-refractivity contribution is 0.210. The number of aliphatic hydroxyl groups is 1. The van der Waals surface area contributed by atoms with Gasteiger partial charge in [0, 0.05) is 0 Å². The lowest BCUT2D eigenvalue weighted by atomic mass is 10.1. The topological polar surface area (TPSA) is 20.2 Å². The minimum Gasteiger partial charge on any atom is -0.389 e. The fourth-order valence-electron chi connectivity index (χ4n) is 1.07. The van der Waals surface area contributed by atoms with Crippen molar-refractivity contribution in [2.45, 2.75) is 32.3 Å². The summed E-state index contributed by atoms with van der Waals surface area (Å²) in [6.45, 7) is 5.36. The maximum Gasteiger partial charge on any atom is 0.0724 e. The average Bonchev–Trinajstić information content (AvgIpc) is 2.37. The molecule has 0 aromatic heterocycles. The van der Waals surface area contributed by atoms with E-state index in [1.807, 2.05) is 6.08 Å². The van der Waals surface area contributed by atoms with Gasteiger partial charge < -0.3 is 5.11 Å². The number of rotatable bonds is 6. The molecule has 0 fully saturated rings. The number of unbranched alkanes of at least 4 members (excludes halogenated alkanes) is 1. The van der Waals surface area contributed by atoms with Gasteiger partial charge in [0.25, 0.3) is 0 Å². The van der Waals surface area contributed by atoms with Gasteiger partial charge in [-0.3, -0.25) is 0 Å². The van der Waals surface area contributed by atoms with E-state index in [0.717, 1.165) is 19.3 Å². The van der Waals surface area contributed by atoms with E-state index in [-0.39, 0.29) is 0 Å². The summed E-state index contributed by atoms with van der Waals surface area (Å²) in [5.74, 6) is 15.8. The summed E-state index contributed by atoms with van der Waals surface area (Å²) >= 11 is 0. The highest BCUT2D eigenvalue weighted by atomic mass is 16.3. The molecule has 0 heterocycles. The van der Waals surface area contributed by atoms with E-state index in [0.29, 0.717) is 0 Å². The Bertz CT molecular complexity index is 461. The van der Waals surface area contributed by atoms with Gasteiger partial charge in [-0.25, -0.2) is 0 Å². The quantitative estimate of drug-likeness (QED) is 0.326. The number of aliphatic hydroxyl groups excluding tert-OH is 1. The normalized spacial score (nSPS) is 10.8. The van der Waals surface area contributed by atoms with Crippen LogP contribution in [0.2, 0.25) is 0 Å². The van der Waals surface area contributed by atoms with Crippen molar-refractivity contribution in [3.63, 3.8) is 0 Å². The van der Waals surface area contributed by atoms with Crippen LogP contribution in [-0.2, 0) is 0 Å². The molecule has 0 aliphatic heterocycles. The molecule has 0 aromatic carbocycles. The van der Waals surface area contributed by atoms with Gasteiger partial charge in [-0.05, 0) is 55.9 Å². The van der Waals surface area contributed by atoms with E-state index < -0.39 is 6.10 Å². The first-order valence-electron chi connectivity index (χ1n) is 5.85. The predicted molar refractivity (Wildman–Crippen MR) is 77.3 cm³/mol. The summed E-state index contributed by atoms with van der Waals surface area (Å²) < 4.78 is 0. The molecule has 0 amide bonds. The molecule has 0 aromatic rings. The zero-order valence-corrected chi connectivity index (χ0v) is 10.7. The first-order valence-corrected chi connectivity index (χ1v) is 5.85. The SMILES string of the molecule is C=CCCCC(O)C=CC=CC#CC#CC#CC. The van der Waals surface area contributed by atoms with Crippen LogP contribution in [0.25, 0.3) is 0 Å². The number of allylic oxidation sites excluding steroid dienone is 4. The monoisotopic (exact) mass is 238 g/mol. The third kappa shape index (κ3) is 11.9. The molecule has 0 radical (unpaired) electrons. The zero-order valence-electron chi connectivity index (χ0n) is 10.7. The Kier molecular flexibility index (Phi) is 11.4. The Balaban J connectivity index is 3.89. The fraction of sp³-hybridized carbons (Fsp3) is 0.294. The summed E-state index contributed by atoms with van der Waals surface area (Å²) in [5, 5.41) is 9.55. The van der Waals surface area contributed by atoms with E-state index in [1.54, 1.807) is 31.2 Å². The molecule has 0 aliphatic carbocycles. The number of hydrogen-bond acceptors (Lipinski definition) is 1. The van der Waals surface area contributed by atoms with Crippen molar-refractivity contribution in [3.8, 4) is 35.5 Å². The summed E-state index contributed by atoms with van der Waals surface area (Å²) in [6.07, 6.45) is 11.1. The Hall–Kier alpha value is -2.14. The molecule has 0 spiro atoms. The standard InChI is InChI=1S/C17H18O/c1-3-5-7-8-9-10-11-12-14-16-17(18)15-13-6-4-2/h4,11-12,14,16-18H,2,6,13,15H2,1H3. The van der Waals surface area contributed by atoms with Crippen LogP contribution in [0.4, 0.5) is 0 Å². The van der Waals surface area contributed by atoms with E-state index in [1.165, 1.54) is 0 Å². The van der Waals surface area contributed by atoms with Crippen molar-refractivity contribution in [3.05, 3.63) is 37.0 Å². The molecular weight excluding hydrogens is 220 g/mol. The van der Waals surface area contributed by atoms with Gasteiger partial charge in [-0.1, -0.05) is 36.1 Å². The second kappa shape index (κ2) is 12.9. The van der Waals surface area contributed by atoms with Crippen molar-refractivity contribution >= 4 is 0 Å². The highest BCUT2D eigenvalue weighted by Crippen LogP contribution is 2.02. The smallest absolute Gasteiger partial charge is 0.0724 e. The van der Waals surface area contributed by atoms with Gasteiger partial charge in [0.1, 0.15) is 0 Å². The van der Waals surface area contributed by atoms with Gasteiger partial charge in [-0.15, -0.1) is 6.58 Å². The minimum absolute atomic E-state index is 0.401. The van der Waals surface area contributed by atoms with Crippen LogP contribution in [0.3, 0.4) is 0 Å². The third-order valence-corrected chi connectivity index (χ3v) is 1.92. The van der Waals surface area contributed by atoms with Crippen LogP contribution in [-0.4, -0.2) is 11.2 Å². The first-order chi connectivity index (χ1) is 8.81. The van der Waals surface area contributed by atoms with Crippen LogP contribution in [0.1, 0.15) is 26.2 Å². The first kappa shape index (κ1) is 15.9. The summed E-state index contributed by atoms with van der Waals surface area (Å²) in [5.41, 5.74) is 0. The second-order valence-corrected chi connectivity index (χ2v) is 3.43. The van der Waals surface area contributed by atoms with E-state index in [9.17, 15) is 5.11 Å². The van der Waals surface area contributed by atoms with Crippen molar-refractivity contribution < 1.29 is 5.11 Å². The van der Waals surface area contributed by atoms with E-state index >= 15 is 0 Å². The van der Waals surface area contributed by atoms with Gasteiger partial charge in [-0.2, -0.15) is 0 Å². The Labute approximate surface area is 110 Å². The zero-order chi connectivity index (χ0) is 13.5. The molecule has 1 unspecified atom stereocenters. The molecule has 1 N–H and O–H groups in total. The summed E-state index contributed by atoms with van der Waals surface area (Å²) in [6, 6.07) is 0. The van der Waals surface area contributed by atoms with Crippen LogP contribution in [0, 0.1) is 35.5 Å². The molecule has 0 saturated heterocycles. The third-order valence-electron chi connectivity index (χ3n) is 1.92. The largest absolute Gasteiger partial charge is 0.389 e. The summed E-state index contributed by atoms with van der Waals surface area (Å²) in [7, 11) is 0. The Morgan fingerprint density at radius 2 is 1.94 bits per heavy atom. The molecular formula is C17H18O. The number of hydrogen-bond donors (Lipinski definition) is 1. The van der Waals surface area contributed by atoms with Crippen LogP contribution < -0.4 is 0 Å². The van der Waals surface area contributed by atoms with Crippen molar-refractivity contribution in [2.75, 3.05) is 0 Å². The van der Waals surface area contributed by atoms with Gasteiger partial charge in [0.2, 0.25) is 0 Å². The Morgan fingerprint density at radius 1 is 1.17 bits per heavy atom. The van der Waals surface area contributed by atoms with Gasteiger partial charge >= 0.3 is 0 Å². The van der Waals surface area contributed by atoms with Gasteiger partial charge in [0.15, 0.2) is 0 Å². The highest BCUT2D eigenvalue weighted by Gasteiger charge is 1.95. The molecule has 1 atom stereocenters. The average molecular weight is 238 g/mol. The molecule has 0 bridgehead atoms. The second-order valence-electron chi connectivity index (χ2n) is 3.43. The fourth-order valence-corrected chi connectivity index (χ4v) is 1.07. The molecule has 18 heavy (non-hydrogen) atoms. The van der Waals surface area contributed by atoms with Crippen molar-refractivity contribution in [1.82, 2.24) is 0 Å². The minimum atomic E-state index is -0.401. The predicted octanol–water partition coefficient (Wildman–Crippen LogP) is 2.85. The lowest BCUT2D eigenvalue weighted by Gasteiger charge is -2.01. The molecule has 1 nitrogen and oxygen atoms in total. The summed E-state index contributed by atoms with van der Waals surface area (Å²) in [4.78, 5) is 0. The molecule has 1 heteroatoms. The highest BCUT2D eigenvalue weighted by molar-refractivity contribution is 5.37. The van der Waals surface area contributed by atoms with Crippen LogP contribution in [0.5, 0.6) is 0 Å². The molecule has 0 aliphatic rings. The molecule has 0 saturated carbocycles. The van der Waals surface area contributed by atoms with Crippen molar-refractivity contribution in [1.29, 1.82) is 0 Å². The van der Waals surface area contributed by atoms with Gasteiger partial charge in [0.05, 0.1) is 6.10 Å². The van der Waals surface area contributed by atoms with Crippen LogP contribution in [0.15, 0.2) is 37.0 Å². The lowest BCUT2D eigenvalue weighted by Crippen LogP contribution is -2.00.